The van der Waals surface area contributed by atoms with Crippen molar-refractivity contribution in [3.05, 3.63) is 84.9 Å². The third-order valence-corrected chi connectivity index (χ3v) is 3.43. The molecule has 2 nitrogen and oxygen atoms in total. The van der Waals surface area contributed by atoms with Crippen LogP contribution in [0.3, 0.4) is 0 Å². The summed E-state index contributed by atoms with van der Waals surface area (Å²) in [5, 5.41) is 0. The predicted molar refractivity (Wildman–Crippen MR) is 92.3 cm³/mol. The molecule has 3 aromatic rings. The molecule has 0 unspecified atom stereocenters. The van der Waals surface area contributed by atoms with Crippen molar-refractivity contribution in [1.29, 1.82) is 0 Å². The minimum absolute atomic E-state index is 0.647. The van der Waals surface area contributed by atoms with E-state index in [1.54, 1.807) is 0 Å². The predicted octanol–water partition coefficient (Wildman–Crippen LogP) is 5.56. The van der Waals surface area contributed by atoms with Crippen molar-refractivity contribution in [1.82, 2.24) is 0 Å². The van der Waals surface area contributed by atoms with E-state index in [0.717, 1.165) is 22.8 Å². The van der Waals surface area contributed by atoms with Crippen LogP contribution in [-0.4, -0.2) is 6.61 Å². The number of para-hydroxylation sites is 4. The van der Waals surface area contributed by atoms with Crippen LogP contribution in [0.5, 0.6) is 5.75 Å². The number of hydrogen-bond donors (Lipinski definition) is 0. The van der Waals surface area contributed by atoms with Crippen LogP contribution in [0.25, 0.3) is 0 Å². The van der Waals surface area contributed by atoms with Crippen LogP contribution >= 0.6 is 0 Å². The molecule has 0 saturated heterocycles. The van der Waals surface area contributed by atoms with Crippen LogP contribution in [0, 0.1) is 0 Å². The molecule has 0 heterocycles. The summed E-state index contributed by atoms with van der Waals surface area (Å²) in [4.78, 5) is 2.21. The maximum Gasteiger partial charge on any atom is 0.143 e. The summed E-state index contributed by atoms with van der Waals surface area (Å²) in [6.45, 7) is 2.65. The molecule has 0 aliphatic rings. The maximum absolute atomic E-state index is 5.82. The Balaban J connectivity index is 2.15. The van der Waals surface area contributed by atoms with Gasteiger partial charge in [-0.2, -0.15) is 0 Å². The van der Waals surface area contributed by atoms with Gasteiger partial charge in [0.1, 0.15) is 5.75 Å². The van der Waals surface area contributed by atoms with E-state index in [1.807, 2.05) is 37.3 Å². The normalized spacial score (nSPS) is 10.2. The van der Waals surface area contributed by atoms with E-state index < -0.39 is 0 Å². The Labute approximate surface area is 131 Å². The molecule has 0 aromatic heterocycles. The molecule has 0 bridgehead atoms. The minimum atomic E-state index is 0.647. The number of anilines is 3. The highest BCUT2D eigenvalue weighted by molar-refractivity contribution is 5.79. The molecular formula is C20H19NO. The van der Waals surface area contributed by atoms with E-state index in [1.165, 1.54) is 0 Å². The lowest BCUT2D eigenvalue weighted by Crippen LogP contribution is -2.11. The first-order valence-electron chi connectivity index (χ1n) is 7.52. The maximum atomic E-state index is 5.82. The van der Waals surface area contributed by atoms with Gasteiger partial charge < -0.3 is 9.64 Å². The van der Waals surface area contributed by atoms with Crippen molar-refractivity contribution in [3.8, 4) is 5.75 Å². The Bertz CT molecular complexity index is 671. The zero-order valence-corrected chi connectivity index (χ0v) is 12.6. The quantitative estimate of drug-likeness (QED) is 0.610. The Hall–Kier alpha value is -2.74. The molecular weight excluding hydrogens is 270 g/mol. The van der Waals surface area contributed by atoms with Gasteiger partial charge in [0.15, 0.2) is 0 Å². The average molecular weight is 289 g/mol. The summed E-state index contributed by atoms with van der Waals surface area (Å²) in [6, 6.07) is 28.8. The monoisotopic (exact) mass is 289 g/mol. The van der Waals surface area contributed by atoms with Gasteiger partial charge in [0.25, 0.3) is 0 Å². The first-order valence-corrected chi connectivity index (χ1v) is 7.52. The molecule has 0 aliphatic heterocycles. The minimum Gasteiger partial charge on any atom is -0.492 e. The van der Waals surface area contributed by atoms with Crippen molar-refractivity contribution in [2.24, 2.45) is 0 Å². The van der Waals surface area contributed by atoms with E-state index >= 15 is 0 Å². The fourth-order valence-electron chi connectivity index (χ4n) is 2.50. The molecule has 0 atom stereocenters. The van der Waals surface area contributed by atoms with Gasteiger partial charge in [-0.25, -0.2) is 0 Å². The van der Waals surface area contributed by atoms with E-state index in [0.29, 0.717) is 6.61 Å². The molecule has 110 valence electrons. The van der Waals surface area contributed by atoms with Crippen molar-refractivity contribution in [2.75, 3.05) is 11.5 Å². The first kappa shape index (κ1) is 14.2. The van der Waals surface area contributed by atoms with Crippen molar-refractivity contribution in [2.45, 2.75) is 6.92 Å². The summed E-state index contributed by atoms with van der Waals surface area (Å²) < 4.78 is 5.82. The second-order valence-electron chi connectivity index (χ2n) is 4.91. The van der Waals surface area contributed by atoms with Crippen LogP contribution in [0.2, 0.25) is 0 Å². The standard InChI is InChI=1S/C20H19NO/c1-2-22-20-16-10-9-15-19(20)21(17-11-5-3-6-12-17)18-13-7-4-8-14-18/h3-16H,2H2,1H3. The topological polar surface area (TPSA) is 12.5 Å². The zero-order valence-electron chi connectivity index (χ0n) is 12.6. The molecule has 0 spiro atoms. The highest BCUT2D eigenvalue weighted by atomic mass is 16.5. The Kier molecular flexibility index (Phi) is 4.40. The summed E-state index contributed by atoms with van der Waals surface area (Å²) in [7, 11) is 0. The molecule has 3 rings (SSSR count). The van der Waals surface area contributed by atoms with Crippen LogP contribution in [-0.2, 0) is 0 Å². The molecule has 0 N–H and O–H groups in total. The van der Waals surface area contributed by atoms with Crippen molar-refractivity contribution in [3.63, 3.8) is 0 Å². The van der Waals surface area contributed by atoms with Crippen molar-refractivity contribution < 1.29 is 4.74 Å². The zero-order chi connectivity index (χ0) is 15.2. The van der Waals surface area contributed by atoms with Gasteiger partial charge in [-0.3, -0.25) is 0 Å². The fourth-order valence-corrected chi connectivity index (χ4v) is 2.50. The van der Waals surface area contributed by atoms with Gasteiger partial charge in [0, 0.05) is 11.4 Å². The number of hydrogen-bond acceptors (Lipinski definition) is 2. The number of rotatable bonds is 5. The fraction of sp³-hybridized carbons (Fsp3) is 0.100. The van der Waals surface area contributed by atoms with Crippen LogP contribution in [0.4, 0.5) is 17.1 Å². The Morgan fingerprint density at radius 1 is 0.682 bits per heavy atom. The number of benzene rings is 3. The van der Waals surface area contributed by atoms with Gasteiger partial charge >= 0.3 is 0 Å². The lowest BCUT2D eigenvalue weighted by molar-refractivity contribution is 0.341. The molecule has 22 heavy (non-hydrogen) atoms. The molecule has 0 saturated carbocycles. The molecule has 0 amide bonds. The Morgan fingerprint density at radius 3 is 1.73 bits per heavy atom. The van der Waals surface area contributed by atoms with Gasteiger partial charge in [-0.1, -0.05) is 48.5 Å². The summed E-state index contributed by atoms with van der Waals surface area (Å²) in [5.41, 5.74) is 3.27. The van der Waals surface area contributed by atoms with Crippen LogP contribution in [0.1, 0.15) is 6.92 Å². The van der Waals surface area contributed by atoms with Gasteiger partial charge in [0.2, 0.25) is 0 Å². The van der Waals surface area contributed by atoms with Crippen LogP contribution in [0.15, 0.2) is 84.9 Å². The summed E-state index contributed by atoms with van der Waals surface area (Å²) >= 11 is 0. The highest BCUT2D eigenvalue weighted by Gasteiger charge is 2.15. The first-order chi connectivity index (χ1) is 10.9. The van der Waals surface area contributed by atoms with E-state index in [4.69, 9.17) is 4.74 Å². The molecule has 3 aromatic carbocycles. The average Bonchev–Trinajstić information content (AvgIpc) is 2.59. The SMILES string of the molecule is CCOc1ccccc1N(c1ccccc1)c1ccccc1. The van der Waals surface area contributed by atoms with E-state index in [-0.39, 0.29) is 0 Å². The smallest absolute Gasteiger partial charge is 0.143 e. The third kappa shape index (κ3) is 2.96. The number of nitrogens with zero attached hydrogens (tertiary/aromatic N) is 1. The molecule has 0 aliphatic carbocycles. The lowest BCUT2D eigenvalue weighted by Gasteiger charge is -2.27. The molecule has 0 fully saturated rings. The molecule has 0 radical (unpaired) electrons. The summed E-state index contributed by atoms with van der Waals surface area (Å²) in [5.74, 6) is 0.887. The van der Waals surface area contributed by atoms with Crippen LogP contribution < -0.4 is 9.64 Å². The second kappa shape index (κ2) is 6.81. The summed E-state index contributed by atoms with van der Waals surface area (Å²) in [6.07, 6.45) is 0. The van der Waals surface area contributed by atoms with Gasteiger partial charge in [0.05, 0.1) is 12.3 Å². The third-order valence-electron chi connectivity index (χ3n) is 3.43. The van der Waals surface area contributed by atoms with E-state index in [9.17, 15) is 0 Å². The number of ether oxygens (including phenoxy) is 1. The molecule has 2 heteroatoms. The Morgan fingerprint density at radius 2 is 1.18 bits per heavy atom. The largest absolute Gasteiger partial charge is 0.492 e. The lowest BCUT2D eigenvalue weighted by atomic mass is 10.2. The second-order valence-corrected chi connectivity index (χ2v) is 4.91. The van der Waals surface area contributed by atoms with Gasteiger partial charge in [-0.05, 0) is 43.3 Å². The van der Waals surface area contributed by atoms with Gasteiger partial charge in [-0.15, -0.1) is 0 Å². The van der Waals surface area contributed by atoms with Crippen molar-refractivity contribution >= 4 is 17.1 Å². The highest BCUT2D eigenvalue weighted by Crippen LogP contribution is 2.39. The van der Waals surface area contributed by atoms with E-state index in [2.05, 4.69) is 59.5 Å².